The summed E-state index contributed by atoms with van der Waals surface area (Å²) in [6.45, 7) is 0.0666. The van der Waals surface area contributed by atoms with Gasteiger partial charge in [-0.05, 0) is 18.2 Å². The molecule has 0 aliphatic rings. The fourth-order valence-electron chi connectivity index (χ4n) is 2.07. The van der Waals surface area contributed by atoms with Crippen LogP contribution >= 0.6 is 0 Å². The molecule has 3 heterocycles. The lowest BCUT2D eigenvalue weighted by molar-refractivity contribution is 0.0941. The van der Waals surface area contributed by atoms with Gasteiger partial charge in [-0.15, -0.1) is 0 Å². The number of aromatic nitrogens is 3. The van der Waals surface area contributed by atoms with E-state index in [1.54, 1.807) is 12.1 Å². The predicted molar refractivity (Wildman–Crippen MR) is 72.8 cm³/mol. The molecule has 0 bridgehead atoms. The van der Waals surface area contributed by atoms with Gasteiger partial charge in [0.1, 0.15) is 17.1 Å². The van der Waals surface area contributed by atoms with E-state index < -0.39 is 30.1 Å². The van der Waals surface area contributed by atoms with Crippen LogP contribution in [0.1, 0.15) is 40.5 Å². The largest absolute Gasteiger partial charge is 0.467 e. The van der Waals surface area contributed by atoms with E-state index in [4.69, 9.17) is 4.42 Å². The first-order valence-corrected chi connectivity index (χ1v) is 6.73. The fraction of sp³-hybridized carbons (Fsp3) is 0.214. The summed E-state index contributed by atoms with van der Waals surface area (Å²) in [5.74, 6) is -0.186. The van der Waals surface area contributed by atoms with E-state index in [-0.39, 0.29) is 17.9 Å². The Hall–Kier alpha value is -2.91. The van der Waals surface area contributed by atoms with Gasteiger partial charge in [0.25, 0.3) is 18.8 Å². The number of furan rings is 1. The second-order valence-corrected chi connectivity index (χ2v) is 4.77. The highest BCUT2D eigenvalue weighted by Gasteiger charge is 2.22. The number of hydrogen-bond acceptors (Lipinski definition) is 4. The first-order valence-electron chi connectivity index (χ1n) is 6.73. The molecular weight excluding hydrogens is 332 g/mol. The van der Waals surface area contributed by atoms with Crippen LogP contribution in [0.3, 0.4) is 0 Å². The summed E-state index contributed by atoms with van der Waals surface area (Å²) >= 11 is 0. The molecule has 0 unspecified atom stereocenters. The van der Waals surface area contributed by atoms with Gasteiger partial charge in [-0.3, -0.25) is 4.79 Å². The van der Waals surface area contributed by atoms with Gasteiger partial charge in [0.05, 0.1) is 12.8 Å². The average molecular weight is 342 g/mol. The molecule has 0 aliphatic carbocycles. The monoisotopic (exact) mass is 342 g/mol. The lowest BCUT2D eigenvalue weighted by atomic mass is 10.3. The third-order valence-electron chi connectivity index (χ3n) is 3.16. The molecule has 0 aromatic carbocycles. The second kappa shape index (κ2) is 6.30. The van der Waals surface area contributed by atoms with Gasteiger partial charge in [0.15, 0.2) is 11.3 Å². The van der Waals surface area contributed by atoms with Crippen molar-refractivity contribution in [1.29, 1.82) is 0 Å². The van der Waals surface area contributed by atoms with Gasteiger partial charge in [0.2, 0.25) is 0 Å². The van der Waals surface area contributed by atoms with Crippen LogP contribution in [0.15, 0.2) is 34.9 Å². The minimum absolute atomic E-state index is 0.0666. The van der Waals surface area contributed by atoms with Gasteiger partial charge < -0.3 is 9.73 Å². The van der Waals surface area contributed by atoms with Crippen molar-refractivity contribution in [3.05, 3.63) is 53.4 Å². The van der Waals surface area contributed by atoms with Gasteiger partial charge in [-0.25, -0.2) is 27.1 Å². The minimum Gasteiger partial charge on any atom is -0.467 e. The van der Waals surface area contributed by atoms with Crippen LogP contribution in [0.25, 0.3) is 5.65 Å². The standard InChI is InChI=1S/C14H10F4N4O2/c15-12(16)8-4-10(13(17)18)22-11(20-8)5-9(21-22)14(23)19-6-7-2-1-3-24-7/h1-5,12-13H,6H2,(H,19,23). The Balaban J connectivity index is 1.92. The molecule has 24 heavy (non-hydrogen) atoms. The zero-order valence-corrected chi connectivity index (χ0v) is 11.9. The lowest BCUT2D eigenvalue weighted by Gasteiger charge is -2.06. The van der Waals surface area contributed by atoms with E-state index in [0.29, 0.717) is 16.3 Å². The molecular formula is C14H10F4N4O2. The zero-order chi connectivity index (χ0) is 17.3. The first-order chi connectivity index (χ1) is 11.5. The molecule has 0 radical (unpaired) electrons. The molecule has 10 heteroatoms. The number of rotatable bonds is 5. The number of carbonyl (C=O) groups is 1. The van der Waals surface area contributed by atoms with Crippen molar-refractivity contribution in [2.45, 2.75) is 19.4 Å². The third-order valence-corrected chi connectivity index (χ3v) is 3.16. The Morgan fingerprint density at radius 2 is 2.04 bits per heavy atom. The van der Waals surface area contributed by atoms with E-state index in [9.17, 15) is 22.4 Å². The first kappa shape index (κ1) is 16.0. The molecule has 3 rings (SSSR count). The van der Waals surface area contributed by atoms with Crippen molar-refractivity contribution < 1.29 is 26.8 Å². The van der Waals surface area contributed by atoms with Crippen LogP contribution in [0.2, 0.25) is 0 Å². The maximum Gasteiger partial charge on any atom is 0.280 e. The Kier molecular flexibility index (Phi) is 4.19. The van der Waals surface area contributed by atoms with E-state index in [1.807, 2.05) is 0 Å². The molecule has 3 aromatic heterocycles. The maximum absolute atomic E-state index is 13.0. The minimum atomic E-state index is -3.05. The summed E-state index contributed by atoms with van der Waals surface area (Å²) in [4.78, 5) is 15.6. The number of hydrogen-bond donors (Lipinski definition) is 1. The Labute approximate surface area is 132 Å². The predicted octanol–water partition coefficient (Wildman–Crippen LogP) is 3.13. The highest BCUT2D eigenvalue weighted by atomic mass is 19.3. The number of alkyl halides is 4. The summed E-state index contributed by atoms with van der Waals surface area (Å²) in [7, 11) is 0. The molecule has 6 nitrogen and oxygen atoms in total. The van der Waals surface area contributed by atoms with Crippen molar-refractivity contribution in [2.24, 2.45) is 0 Å². The van der Waals surface area contributed by atoms with Gasteiger partial charge >= 0.3 is 0 Å². The number of amides is 1. The molecule has 0 aliphatic heterocycles. The van der Waals surface area contributed by atoms with Crippen LogP contribution in [0.5, 0.6) is 0 Å². The number of nitrogens with one attached hydrogen (secondary N) is 1. The molecule has 1 amide bonds. The molecule has 0 saturated carbocycles. The summed E-state index contributed by atoms with van der Waals surface area (Å²) in [6.07, 6.45) is -4.64. The average Bonchev–Trinajstić information content (AvgIpc) is 3.20. The number of nitrogens with zero attached hydrogens (tertiary/aromatic N) is 3. The molecule has 3 aromatic rings. The number of halogens is 4. The summed E-state index contributed by atoms with van der Waals surface area (Å²) < 4.78 is 57.3. The molecule has 126 valence electrons. The van der Waals surface area contributed by atoms with Crippen molar-refractivity contribution in [1.82, 2.24) is 19.9 Å². The zero-order valence-electron chi connectivity index (χ0n) is 11.9. The molecule has 0 spiro atoms. The van der Waals surface area contributed by atoms with E-state index in [1.165, 1.54) is 6.26 Å². The van der Waals surface area contributed by atoms with Gasteiger partial charge in [0, 0.05) is 6.07 Å². The smallest absolute Gasteiger partial charge is 0.280 e. The van der Waals surface area contributed by atoms with E-state index in [0.717, 1.165) is 6.07 Å². The van der Waals surface area contributed by atoms with Crippen molar-refractivity contribution in [3.63, 3.8) is 0 Å². The highest BCUT2D eigenvalue weighted by molar-refractivity contribution is 5.93. The van der Waals surface area contributed by atoms with Crippen molar-refractivity contribution in [3.8, 4) is 0 Å². The normalized spacial score (nSPS) is 11.6. The van der Waals surface area contributed by atoms with Crippen LogP contribution in [-0.2, 0) is 6.54 Å². The highest BCUT2D eigenvalue weighted by Crippen LogP contribution is 2.25. The SMILES string of the molecule is O=C(NCc1ccco1)c1cc2nc(C(F)F)cc(C(F)F)n2n1. The molecule has 0 fully saturated rings. The van der Waals surface area contributed by atoms with Crippen LogP contribution in [0.4, 0.5) is 17.6 Å². The van der Waals surface area contributed by atoms with Gasteiger partial charge in [-0.1, -0.05) is 0 Å². The summed E-state index contributed by atoms with van der Waals surface area (Å²) in [6, 6.07) is 4.90. The van der Waals surface area contributed by atoms with E-state index >= 15 is 0 Å². The topological polar surface area (TPSA) is 72.4 Å². The second-order valence-electron chi connectivity index (χ2n) is 4.77. The number of fused-ring (bicyclic) bond motifs is 1. The lowest BCUT2D eigenvalue weighted by Crippen LogP contribution is -2.23. The molecule has 0 atom stereocenters. The fourth-order valence-corrected chi connectivity index (χ4v) is 2.07. The quantitative estimate of drug-likeness (QED) is 0.723. The Morgan fingerprint density at radius 3 is 2.67 bits per heavy atom. The van der Waals surface area contributed by atoms with Gasteiger partial charge in [-0.2, -0.15) is 5.10 Å². The third kappa shape index (κ3) is 3.07. The Bertz CT molecular complexity index is 861. The maximum atomic E-state index is 13.0. The number of carbonyl (C=O) groups excluding carboxylic acids is 1. The molecule has 0 saturated heterocycles. The van der Waals surface area contributed by atoms with Crippen molar-refractivity contribution in [2.75, 3.05) is 0 Å². The van der Waals surface area contributed by atoms with Crippen LogP contribution in [-0.4, -0.2) is 20.5 Å². The van der Waals surface area contributed by atoms with Crippen molar-refractivity contribution >= 4 is 11.6 Å². The summed E-state index contributed by atoms with van der Waals surface area (Å²) in [5, 5.41) is 6.20. The van der Waals surface area contributed by atoms with Crippen LogP contribution in [0, 0.1) is 0 Å². The molecule has 1 N–H and O–H groups in total. The van der Waals surface area contributed by atoms with Crippen LogP contribution < -0.4 is 5.32 Å². The van der Waals surface area contributed by atoms with E-state index in [2.05, 4.69) is 15.4 Å². The Morgan fingerprint density at radius 1 is 1.25 bits per heavy atom. The summed E-state index contributed by atoms with van der Waals surface area (Å²) in [5.41, 5.74) is -2.05.